The SMILES string of the molecule is O=C(O)c1scc2c1C(=O)N(c1cc(S(=O)(=O)Cc3ccccc3)ccc1Cl)C(=O)C2. The van der Waals surface area contributed by atoms with E-state index in [1.807, 2.05) is 0 Å². The topological polar surface area (TPSA) is 109 Å². The second-order valence-electron chi connectivity index (χ2n) is 6.84. The molecular formula is C21H14ClNO6S2. The Kier molecular flexibility index (Phi) is 5.42. The number of imide groups is 1. The van der Waals surface area contributed by atoms with Gasteiger partial charge in [0, 0.05) is 0 Å². The normalized spacial score (nSPS) is 13.9. The largest absolute Gasteiger partial charge is 0.477 e. The van der Waals surface area contributed by atoms with Crippen LogP contribution in [-0.2, 0) is 26.8 Å². The molecule has 7 nitrogen and oxygen atoms in total. The van der Waals surface area contributed by atoms with Crippen LogP contribution in [0.1, 0.15) is 31.2 Å². The maximum atomic E-state index is 13.1. The van der Waals surface area contributed by atoms with E-state index in [4.69, 9.17) is 11.6 Å². The fourth-order valence-electron chi connectivity index (χ4n) is 3.36. The lowest BCUT2D eigenvalue weighted by molar-refractivity contribution is -0.117. The molecule has 0 spiro atoms. The second-order valence-corrected chi connectivity index (χ2v) is 10.1. The number of carboxylic acids is 1. The molecule has 1 N–H and O–H groups in total. The summed E-state index contributed by atoms with van der Waals surface area (Å²) in [5.74, 6) is -3.01. The van der Waals surface area contributed by atoms with Crippen molar-refractivity contribution in [3.8, 4) is 0 Å². The number of hydrogen-bond donors (Lipinski definition) is 1. The van der Waals surface area contributed by atoms with Gasteiger partial charge < -0.3 is 5.11 Å². The van der Waals surface area contributed by atoms with E-state index in [0.29, 0.717) is 11.1 Å². The molecule has 10 heteroatoms. The molecule has 0 atom stereocenters. The van der Waals surface area contributed by atoms with Crippen LogP contribution in [-0.4, -0.2) is 31.3 Å². The Morgan fingerprint density at radius 2 is 1.84 bits per heavy atom. The van der Waals surface area contributed by atoms with Gasteiger partial charge in [-0.1, -0.05) is 41.9 Å². The zero-order chi connectivity index (χ0) is 22.3. The number of fused-ring (bicyclic) bond motifs is 1. The van der Waals surface area contributed by atoms with Crippen LogP contribution in [0.3, 0.4) is 0 Å². The number of rotatable bonds is 5. The molecule has 2 amide bonds. The van der Waals surface area contributed by atoms with Crippen molar-refractivity contribution in [2.24, 2.45) is 0 Å². The quantitative estimate of drug-likeness (QED) is 0.562. The van der Waals surface area contributed by atoms with E-state index in [2.05, 4.69) is 0 Å². The minimum atomic E-state index is -3.80. The van der Waals surface area contributed by atoms with Gasteiger partial charge in [0.15, 0.2) is 9.84 Å². The van der Waals surface area contributed by atoms with Crippen molar-refractivity contribution in [2.45, 2.75) is 17.1 Å². The third-order valence-corrected chi connectivity index (χ3v) is 7.81. The van der Waals surface area contributed by atoms with Crippen LogP contribution >= 0.6 is 22.9 Å². The molecule has 0 saturated heterocycles. The van der Waals surface area contributed by atoms with E-state index in [9.17, 15) is 27.9 Å². The molecule has 4 rings (SSSR count). The van der Waals surface area contributed by atoms with Gasteiger partial charge in [-0.2, -0.15) is 0 Å². The first kappa shape index (κ1) is 21.2. The first-order chi connectivity index (χ1) is 14.7. The number of nitrogens with zero attached hydrogens (tertiary/aromatic N) is 1. The van der Waals surface area contributed by atoms with Crippen LogP contribution < -0.4 is 4.90 Å². The van der Waals surface area contributed by atoms with Gasteiger partial charge in [-0.15, -0.1) is 11.3 Å². The van der Waals surface area contributed by atoms with E-state index in [0.717, 1.165) is 16.2 Å². The molecule has 1 aromatic heterocycles. The highest BCUT2D eigenvalue weighted by Crippen LogP contribution is 2.36. The predicted molar refractivity (Wildman–Crippen MR) is 116 cm³/mol. The number of amides is 2. The smallest absolute Gasteiger partial charge is 0.346 e. The Balaban J connectivity index is 1.76. The van der Waals surface area contributed by atoms with Crippen molar-refractivity contribution in [3.05, 3.63) is 80.5 Å². The summed E-state index contributed by atoms with van der Waals surface area (Å²) >= 11 is 7.08. The summed E-state index contributed by atoms with van der Waals surface area (Å²) in [6.07, 6.45) is -0.192. The number of hydrogen-bond acceptors (Lipinski definition) is 6. The summed E-state index contributed by atoms with van der Waals surface area (Å²) in [7, 11) is -3.80. The highest BCUT2D eigenvalue weighted by molar-refractivity contribution is 7.90. The second kappa shape index (κ2) is 7.92. The molecule has 0 unspecified atom stereocenters. The minimum absolute atomic E-state index is 0.00378. The fourth-order valence-corrected chi connectivity index (χ4v) is 5.83. The number of carboxylic acid groups (broad SMARTS) is 1. The number of carbonyl (C=O) groups excluding carboxylic acids is 2. The molecular weight excluding hydrogens is 462 g/mol. The fraction of sp³-hybridized carbons (Fsp3) is 0.0952. The van der Waals surface area contributed by atoms with E-state index < -0.39 is 27.6 Å². The number of anilines is 1. The van der Waals surface area contributed by atoms with Gasteiger partial charge in [-0.3, -0.25) is 9.59 Å². The van der Waals surface area contributed by atoms with Gasteiger partial charge in [-0.25, -0.2) is 18.1 Å². The average molecular weight is 476 g/mol. The van der Waals surface area contributed by atoms with Gasteiger partial charge in [0.2, 0.25) is 5.91 Å². The van der Waals surface area contributed by atoms with Gasteiger partial charge in [0.25, 0.3) is 5.91 Å². The van der Waals surface area contributed by atoms with Crippen molar-refractivity contribution in [2.75, 3.05) is 4.90 Å². The highest BCUT2D eigenvalue weighted by Gasteiger charge is 2.38. The van der Waals surface area contributed by atoms with E-state index in [1.54, 1.807) is 30.3 Å². The van der Waals surface area contributed by atoms with Crippen LogP contribution in [0.2, 0.25) is 5.02 Å². The van der Waals surface area contributed by atoms with Crippen LogP contribution in [0.5, 0.6) is 0 Å². The zero-order valence-electron chi connectivity index (χ0n) is 15.7. The zero-order valence-corrected chi connectivity index (χ0v) is 18.1. The monoisotopic (exact) mass is 475 g/mol. The van der Waals surface area contributed by atoms with Crippen molar-refractivity contribution < 1.29 is 27.9 Å². The molecule has 1 aliphatic rings. The summed E-state index contributed by atoms with van der Waals surface area (Å²) in [6.45, 7) is 0. The average Bonchev–Trinajstić information content (AvgIpc) is 3.14. The molecule has 2 aromatic carbocycles. The number of thiophene rings is 1. The Morgan fingerprint density at radius 1 is 1.13 bits per heavy atom. The van der Waals surface area contributed by atoms with Gasteiger partial charge in [0.1, 0.15) is 4.88 Å². The molecule has 3 aromatic rings. The van der Waals surface area contributed by atoms with E-state index >= 15 is 0 Å². The maximum absolute atomic E-state index is 13.1. The number of sulfone groups is 1. The lowest BCUT2D eigenvalue weighted by Crippen LogP contribution is -2.42. The molecule has 31 heavy (non-hydrogen) atoms. The lowest BCUT2D eigenvalue weighted by Gasteiger charge is -2.26. The highest BCUT2D eigenvalue weighted by atomic mass is 35.5. The van der Waals surface area contributed by atoms with E-state index in [-0.39, 0.29) is 38.2 Å². The van der Waals surface area contributed by atoms with Crippen molar-refractivity contribution in [1.82, 2.24) is 0 Å². The van der Waals surface area contributed by atoms with Crippen molar-refractivity contribution in [1.29, 1.82) is 0 Å². The first-order valence-corrected chi connectivity index (χ1v) is 11.9. The molecule has 0 bridgehead atoms. The number of halogens is 1. The minimum Gasteiger partial charge on any atom is -0.477 e. The third-order valence-electron chi connectivity index (χ3n) is 4.79. The van der Waals surface area contributed by atoms with Crippen molar-refractivity contribution >= 4 is 56.2 Å². The van der Waals surface area contributed by atoms with Crippen LogP contribution in [0, 0.1) is 0 Å². The maximum Gasteiger partial charge on any atom is 0.346 e. The standard InChI is InChI=1S/C21H14ClNO6S2/c22-15-7-6-14(31(28,29)11-12-4-2-1-3-5-12)9-16(15)23-17(24)8-13-10-30-19(21(26)27)18(13)20(23)25/h1-7,9-10H,8,11H2,(H,26,27). The Labute approximate surface area is 186 Å². The predicted octanol–water partition coefficient (Wildman–Crippen LogP) is 3.80. The number of benzene rings is 2. The van der Waals surface area contributed by atoms with Gasteiger partial charge in [0.05, 0.1) is 33.3 Å². The van der Waals surface area contributed by atoms with Gasteiger partial charge >= 0.3 is 5.97 Å². The van der Waals surface area contributed by atoms with Gasteiger partial charge in [-0.05, 0) is 34.7 Å². The van der Waals surface area contributed by atoms with Crippen molar-refractivity contribution in [3.63, 3.8) is 0 Å². The molecule has 1 aliphatic heterocycles. The summed E-state index contributed by atoms with van der Waals surface area (Å²) in [4.78, 5) is 37.7. The van der Waals surface area contributed by atoms with E-state index in [1.165, 1.54) is 23.6 Å². The lowest BCUT2D eigenvalue weighted by atomic mass is 10.0. The molecule has 2 heterocycles. The summed E-state index contributed by atoms with van der Waals surface area (Å²) in [6, 6.07) is 12.4. The Bertz CT molecular complexity index is 1330. The molecule has 0 radical (unpaired) electrons. The Morgan fingerprint density at radius 3 is 2.52 bits per heavy atom. The molecule has 0 saturated carbocycles. The van der Waals surface area contributed by atoms with Crippen LogP contribution in [0.4, 0.5) is 5.69 Å². The summed E-state index contributed by atoms with van der Waals surface area (Å²) < 4.78 is 25.8. The number of carbonyl (C=O) groups is 3. The third kappa shape index (κ3) is 3.87. The molecule has 0 fully saturated rings. The molecule has 0 aliphatic carbocycles. The summed E-state index contributed by atoms with van der Waals surface area (Å²) in [5.41, 5.74) is 0.737. The number of aromatic carboxylic acids is 1. The first-order valence-electron chi connectivity index (χ1n) is 8.96. The van der Waals surface area contributed by atoms with Crippen LogP contribution in [0.15, 0.2) is 58.8 Å². The summed E-state index contributed by atoms with van der Waals surface area (Å²) in [5, 5.41) is 10.8. The molecule has 158 valence electrons. The van der Waals surface area contributed by atoms with Crippen LogP contribution in [0.25, 0.3) is 0 Å². The Hall–Kier alpha value is -3.01.